The van der Waals surface area contributed by atoms with Crippen molar-refractivity contribution in [2.75, 3.05) is 38.7 Å². The largest absolute Gasteiger partial charge is 0.464 e. The van der Waals surface area contributed by atoms with Crippen LogP contribution in [0, 0.1) is 0 Å². The first kappa shape index (κ1) is 15.2. The van der Waals surface area contributed by atoms with Crippen molar-refractivity contribution in [1.29, 1.82) is 0 Å². The van der Waals surface area contributed by atoms with E-state index in [1.807, 2.05) is 0 Å². The van der Waals surface area contributed by atoms with E-state index in [1.165, 1.54) is 19.5 Å². The number of nitrogens with one attached hydrogen (secondary N) is 1. The molecule has 0 bridgehead atoms. The topological polar surface area (TPSA) is 93.6 Å². The average molecular weight is 294 g/mol. The number of aromatic nitrogens is 2. The second-order valence-electron chi connectivity index (χ2n) is 4.58. The van der Waals surface area contributed by atoms with E-state index in [2.05, 4.69) is 20.0 Å². The van der Waals surface area contributed by atoms with Gasteiger partial charge in [-0.3, -0.25) is 9.78 Å². The fraction of sp³-hybridized carbons (Fsp3) is 0.538. The van der Waals surface area contributed by atoms with E-state index in [-0.39, 0.29) is 11.6 Å². The van der Waals surface area contributed by atoms with E-state index in [1.54, 1.807) is 11.8 Å². The van der Waals surface area contributed by atoms with Crippen molar-refractivity contribution in [1.82, 2.24) is 14.9 Å². The van der Waals surface area contributed by atoms with Crippen molar-refractivity contribution in [3.63, 3.8) is 0 Å². The number of morpholine rings is 1. The standard InChI is InChI=1S/C13H18N4O4/c1-9(12(18)17-3-5-21-6-4-17)15-11-8-14-7-10(16-11)13(19)20-2/h7-9H,3-6H2,1-2H3,(H,15,16). The SMILES string of the molecule is COC(=O)c1cncc(NC(C)C(=O)N2CCOCC2)n1. The van der Waals surface area contributed by atoms with Crippen LogP contribution >= 0.6 is 0 Å². The number of ether oxygens (including phenoxy) is 2. The molecular weight excluding hydrogens is 276 g/mol. The van der Waals surface area contributed by atoms with Crippen LogP contribution < -0.4 is 5.32 Å². The Morgan fingerprint density at radius 2 is 2.10 bits per heavy atom. The number of hydrogen-bond donors (Lipinski definition) is 1. The maximum absolute atomic E-state index is 12.2. The summed E-state index contributed by atoms with van der Waals surface area (Å²) < 4.78 is 9.79. The molecule has 2 heterocycles. The Bertz CT molecular complexity index is 517. The monoisotopic (exact) mass is 294 g/mol. The number of esters is 1. The van der Waals surface area contributed by atoms with Crippen LogP contribution in [0.4, 0.5) is 5.82 Å². The molecule has 1 amide bonds. The number of carbonyl (C=O) groups is 2. The molecule has 0 spiro atoms. The van der Waals surface area contributed by atoms with E-state index in [0.29, 0.717) is 32.1 Å². The first-order chi connectivity index (χ1) is 10.1. The van der Waals surface area contributed by atoms with Gasteiger partial charge in [0.05, 0.1) is 32.7 Å². The van der Waals surface area contributed by atoms with E-state index >= 15 is 0 Å². The summed E-state index contributed by atoms with van der Waals surface area (Å²) in [7, 11) is 1.27. The van der Waals surface area contributed by atoms with Gasteiger partial charge >= 0.3 is 5.97 Å². The van der Waals surface area contributed by atoms with Crippen LogP contribution in [0.2, 0.25) is 0 Å². The molecule has 1 aromatic heterocycles. The molecule has 1 aliphatic rings. The molecule has 114 valence electrons. The molecule has 0 saturated carbocycles. The van der Waals surface area contributed by atoms with E-state index in [4.69, 9.17) is 4.74 Å². The molecule has 0 aliphatic carbocycles. The zero-order valence-corrected chi connectivity index (χ0v) is 12.0. The maximum atomic E-state index is 12.2. The maximum Gasteiger partial charge on any atom is 0.358 e. The molecular formula is C13H18N4O4. The smallest absolute Gasteiger partial charge is 0.358 e. The Morgan fingerprint density at radius 3 is 2.76 bits per heavy atom. The second-order valence-corrected chi connectivity index (χ2v) is 4.58. The molecule has 1 aliphatic heterocycles. The molecule has 1 aromatic rings. The number of nitrogens with zero attached hydrogens (tertiary/aromatic N) is 3. The van der Waals surface area contributed by atoms with Gasteiger partial charge in [0.2, 0.25) is 5.91 Å². The van der Waals surface area contributed by atoms with Crippen LogP contribution in [0.1, 0.15) is 17.4 Å². The molecule has 0 radical (unpaired) electrons. The quantitative estimate of drug-likeness (QED) is 0.776. The van der Waals surface area contributed by atoms with Crippen molar-refractivity contribution in [3.05, 3.63) is 18.1 Å². The molecule has 1 fully saturated rings. The lowest BCUT2D eigenvalue weighted by Gasteiger charge is -2.29. The minimum atomic E-state index is -0.571. The Balaban J connectivity index is 2.00. The average Bonchev–Trinajstić information content (AvgIpc) is 2.54. The van der Waals surface area contributed by atoms with Crippen molar-refractivity contribution >= 4 is 17.7 Å². The molecule has 0 aromatic carbocycles. The highest BCUT2D eigenvalue weighted by Gasteiger charge is 2.22. The summed E-state index contributed by atoms with van der Waals surface area (Å²) in [6.45, 7) is 4.01. The van der Waals surface area contributed by atoms with Crippen molar-refractivity contribution in [2.45, 2.75) is 13.0 Å². The lowest BCUT2D eigenvalue weighted by Crippen LogP contribution is -2.47. The number of hydrogen-bond acceptors (Lipinski definition) is 7. The Hall–Kier alpha value is -2.22. The normalized spacial score (nSPS) is 16.2. The molecule has 1 unspecified atom stereocenters. The summed E-state index contributed by atoms with van der Waals surface area (Å²) in [5.74, 6) is -0.256. The molecule has 21 heavy (non-hydrogen) atoms. The fourth-order valence-electron chi connectivity index (χ4n) is 1.98. The minimum Gasteiger partial charge on any atom is -0.464 e. The third-order valence-electron chi connectivity index (χ3n) is 3.09. The first-order valence-corrected chi connectivity index (χ1v) is 6.65. The highest BCUT2D eigenvalue weighted by molar-refractivity contribution is 5.87. The van der Waals surface area contributed by atoms with Crippen molar-refractivity contribution < 1.29 is 19.1 Å². The van der Waals surface area contributed by atoms with Gasteiger partial charge in [0.25, 0.3) is 0 Å². The molecule has 1 atom stereocenters. The Labute approximate surface area is 122 Å². The van der Waals surface area contributed by atoms with E-state index < -0.39 is 12.0 Å². The minimum absolute atomic E-state index is 0.0384. The van der Waals surface area contributed by atoms with Gasteiger partial charge in [0.1, 0.15) is 11.9 Å². The third-order valence-corrected chi connectivity index (χ3v) is 3.09. The van der Waals surface area contributed by atoms with Crippen molar-refractivity contribution in [3.8, 4) is 0 Å². The van der Waals surface area contributed by atoms with Gasteiger partial charge in [-0.05, 0) is 6.92 Å². The summed E-state index contributed by atoms with van der Waals surface area (Å²) in [6.07, 6.45) is 2.76. The summed E-state index contributed by atoms with van der Waals surface area (Å²) in [4.78, 5) is 33.3. The fourth-order valence-corrected chi connectivity index (χ4v) is 1.98. The van der Waals surface area contributed by atoms with Gasteiger partial charge in [-0.1, -0.05) is 0 Å². The van der Waals surface area contributed by atoms with Crippen LogP contribution in [0.3, 0.4) is 0 Å². The van der Waals surface area contributed by atoms with E-state index in [0.717, 1.165) is 0 Å². The third kappa shape index (κ3) is 3.88. The molecule has 8 heteroatoms. The summed E-state index contributed by atoms with van der Waals surface area (Å²) >= 11 is 0. The molecule has 1 saturated heterocycles. The van der Waals surface area contributed by atoms with Crippen LogP contribution in [0.5, 0.6) is 0 Å². The zero-order chi connectivity index (χ0) is 15.2. The lowest BCUT2D eigenvalue weighted by atomic mass is 10.2. The van der Waals surface area contributed by atoms with Crippen LogP contribution in [0.25, 0.3) is 0 Å². The number of rotatable bonds is 4. The summed E-state index contributed by atoms with van der Waals surface area (Å²) in [5.41, 5.74) is 0.0912. The summed E-state index contributed by atoms with van der Waals surface area (Å²) in [6, 6.07) is -0.467. The Kier molecular flexibility index (Phi) is 5.04. The second kappa shape index (κ2) is 6.98. The van der Waals surface area contributed by atoms with Gasteiger partial charge in [0.15, 0.2) is 5.69 Å². The molecule has 2 rings (SSSR count). The van der Waals surface area contributed by atoms with Crippen molar-refractivity contribution in [2.24, 2.45) is 0 Å². The number of methoxy groups -OCH3 is 1. The van der Waals surface area contributed by atoms with Gasteiger partial charge in [0, 0.05) is 13.1 Å². The van der Waals surface area contributed by atoms with Crippen LogP contribution in [-0.4, -0.2) is 66.2 Å². The number of amides is 1. The lowest BCUT2D eigenvalue weighted by molar-refractivity contribution is -0.135. The predicted octanol–water partition coefficient (Wildman–Crippen LogP) is -0.0776. The highest BCUT2D eigenvalue weighted by Crippen LogP contribution is 2.08. The predicted molar refractivity (Wildman–Crippen MR) is 73.9 cm³/mol. The van der Waals surface area contributed by atoms with Gasteiger partial charge < -0.3 is 19.7 Å². The van der Waals surface area contributed by atoms with E-state index in [9.17, 15) is 9.59 Å². The molecule has 1 N–H and O–H groups in total. The Morgan fingerprint density at radius 1 is 1.38 bits per heavy atom. The number of carbonyl (C=O) groups excluding carboxylic acids is 2. The van der Waals surface area contributed by atoms with Gasteiger partial charge in [-0.2, -0.15) is 0 Å². The number of anilines is 1. The van der Waals surface area contributed by atoms with Crippen LogP contribution in [0.15, 0.2) is 12.4 Å². The highest BCUT2D eigenvalue weighted by atomic mass is 16.5. The van der Waals surface area contributed by atoms with Gasteiger partial charge in [-0.25, -0.2) is 9.78 Å². The first-order valence-electron chi connectivity index (χ1n) is 6.65. The zero-order valence-electron chi connectivity index (χ0n) is 12.0. The molecule has 8 nitrogen and oxygen atoms in total. The van der Waals surface area contributed by atoms with Gasteiger partial charge in [-0.15, -0.1) is 0 Å². The summed E-state index contributed by atoms with van der Waals surface area (Å²) in [5, 5.41) is 2.94. The van der Waals surface area contributed by atoms with Crippen LogP contribution in [-0.2, 0) is 14.3 Å².